The second-order valence-corrected chi connectivity index (χ2v) is 22.9. The molecule has 0 amide bonds. The number of hydrogen-bond acceptors (Lipinski definition) is 0. The maximum absolute atomic E-state index is 7.23. The highest BCUT2D eigenvalue weighted by Gasteiger charge is 2.35. The van der Waals surface area contributed by atoms with Crippen molar-refractivity contribution in [1.29, 1.82) is 0 Å². The molecular formula is C71H62N12+4. The molecule has 402 valence electrons. The quantitative estimate of drug-likeness (QED) is 0.107. The van der Waals surface area contributed by atoms with Gasteiger partial charge in [-0.25, -0.2) is 19.4 Å². The fourth-order valence-corrected chi connectivity index (χ4v) is 13.1. The third-order valence-corrected chi connectivity index (χ3v) is 18.2. The molecule has 4 aliphatic heterocycles. The van der Waals surface area contributed by atoms with Crippen LogP contribution in [0.25, 0.3) is 85.7 Å². The SMILES string of the molecule is [C-]#[N+]c1ccc2c[n+]3n(c2c1)-c1c(C)c(C)cc(C)c1C3.[C-]#[N+]c1ccc2c[n+]3n(c2c1)-c1c(cc(C)c(C)c1C)C3.[C-]#[N+]c1ccc2c[n+]3n(c2c1)-c1c(ccc(C)c1C)C3.[C-]#[N+]c1ccc2c[n+]3n(c2c1)-c1cc(C)c(C)c(C)c1C3. The van der Waals surface area contributed by atoms with Gasteiger partial charge in [0.15, 0.2) is 48.9 Å². The van der Waals surface area contributed by atoms with Crippen molar-refractivity contribution in [3.8, 4) is 22.7 Å². The predicted octanol–water partition coefficient (Wildman–Crippen LogP) is 14.7. The Morgan fingerprint density at radius 2 is 0.699 bits per heavy atom. The van der Waals surface area contributed by atoms with Crippen LogP contribution >= 0.6 is 0 Å². The van der Waals surface area contributed by atoms with Crippen molar-refractivity contribution in [1.82, 2.24) is 18.7 Å². The van der Waals surface area contributed by atoms with Gasteiger partial charge in [-0.2, -0.15) is 0 Å². The highest BCUT2D eigenvalue weighted by atomic mass is 15.4. The monoisotopic (exact) mass is 1080 g/mol. The number of benzene rings is 8. The topological polar surface area (TPSA) is 52.7 Å². The van der Waals surface area contributed by atoms with Gasteiger partial charge in [-0.15, -0.1) is 37.5 Å². The van der Waals surface area contributed by atoms with E-state index >= 15 is 0 Å². The van der Waals surface area contributed by atoms with Crippen LogP contribution in [0.5, 0.6) is 0 Å². The zero-order valence-electron chi connectivity index (χ0n) is 48.8. The van der Waals surface area contributed by atoms with E-state index in [4.69, 9.17) is 26.3 Å². The first kappa shape index (κ1) is 52.0. The first-order valence-electron chi connectivity index (χ1n) is 28.1. The maximum Gasteiger partial charge on any atom is 0.204 e. The average molecular weight is 1080 g/mol. The molecule has 0 bridgehead atoms. The molecule has 83 heavy (non-hydrogen) atoms. The Bertz CT molecular complexity index is 5040. The van der Waals surface area contributed by atoms with Gasteiger partial charge in [0.25, 0.3) is 0 Å². The van der Waals surface area contributed by atoms with E-state index in [1.54, 1.807) is 0 Å². The minimum absolute atomic E-state index is 0.692. The largest absolute Gasteiger partial charge is 0.238 e. The molecule has 0 unspecified atom stereocenters. The summed E-state index contributed by atoms with van der Waals surface area (Å²) in [5, 5.41) is 4.74. The summed E-state index contributed by atoms with van der Waals surface area (Å²) in [7, 11) is 0. The molecule has 16 rings (SSSR count). The first-order valence-corrected chi connectivity index (χ1v) is 28.1. The summed E-state index contributed by atoms with van der Waals surface area (Å²) in [6, 6.07) is 34.9. The standard InChI is InChI=1S/3C18H16N3.C17H14N3/c1-11-7-15-10-20-9-14-5-6-16(19-4)8-17(14)21(20)18(15)13(3)12(11)2;1-11-7-18-16(13(3)12(11)2)10-20-9-14-5-6-15(19-4)8-17(14)21(18)20;1-11-7-12(2)16-10-20-9-14-5-6-15(19-4)8-17(14)21(20)18(16)13(11)3;1-11-4-5-14-10-19-9-13-6-7-15(18-3)8-16(13)20(19)17(14)12(11)2/h3*5-9H,10H2,1-3H3;4-9H,10H2,1-2H3/q4*+1. The van der Waals surface area contributed by atoms with Crippen LogP contribution in [-0.2, 0) is 26.2 Å². The van der Waals surface area contributed by atoms with E-state index in [-0.39, 0.29) is 0 Å². The summed E-state index contributed by atoms with van der Waals surface area (Å²) in [5.41, 5.74) is 32.6. The smallest absolute Gasteiger partial charge is 0.204 e. The van der Waals surface area contributed by atoms with Gasteiger partial charge in [0.05, 0.1) is 59.0 Å². The Kier molecular flexibility index (Phi) is 12.2. The molecule has 0 radical (unpaired) electrons. The van der Waals surface area contributed by atoms with Crippen molar-refractivity contribution in [3.05, 3.63) is 257 Å². The van der Waals surface area contributed by atoms with Crippen LogP contribution in [0.4, 0.5) is 22.7 Å². The molecule has 0 spiro atoms. The molecule has 0 fully saturated rings. The highest BCUT2D eigenvalue weighted by Crippen LogP contribution is 2.37. The van der Waals surface area contributed by atoms with E-state index in [1.807, 2.05) is 72.8 Å². The summed E-state index contributed by atoms with van der Waals surface area (Å²) >= 11 is 0. The van der Waals surface area contributed by atoms with Gasteiger partial charge in [0.2, 0.25) is 24.8 Å². The number of aryl methyl sites for hydroxylation is 5. The number of fused-ring (bicyclic) bond motifs is 20. The van der Waals surface area contributed by atoms with Crippen LogP contribution in [-0.4, -0.2) is 18.7 Å². The third-order valence-electron chi connectivity index (χ3n) is 18.2. The van der Waals surface area contributed by atoms with Crippen LogP contribution in [0, 0.1) is 102 Å². The van der Waals surface area contributed by atoms with Gasteiger partial charge in [-0.05, 0) is 180 Å². The van der Waals surface area contributed by atoms with E-state index in [0.29, 0.717) is 22.7 Å². The van der Waals surface area contributed by atoms with E-state index in [2.05, 4.69) is 188 Å². The Labute approximate surface area is 483 Å². The van der Waals surface area contributed by atoms with E-state index in [0.717, 1.165) is 48.2 Å². The summed E-state index contributed by atoms with van der Waals surface area (Å²) in [6.07, 6.45) is 8.69. The number of aromatic nitrogens is 8. The Morgan fingerprint density at radius 3 is 1.20 bits per heavy atom. The molecule has 0 N–H and O–H groups in total. The normalized spacial score (nSPS) is 12.3. The molecule has 12 heteroatoms. The first-order chi connectivity index (χ1) is 40.0. The van der Waals surface area contributed by atoms with Gasteiger partial charge in [0.1, 0.15) is 44.8 Å². The van der Waals surface area contributed by atoms with Crippen LogP contribution in [0.3, 0.4) is 0 Å². The fourth-order valence-electron chi connectivity index (χ4n) is 13.1. The molecule has 12 nitrogen and oxygen atoms in total. The van der Waals surface area contributed by atoms with Gasteiger partial charge in [-0.1, -0.05) is 60.7 Å². The third kappa shape index (κ3) is 8.13. The lowest BCUT2D eigenvalue weighted by Crippen LogP contribution is -2.36. The molecule has 12 aromatic rings. The molecule has 0 atom stereocenters. The molecule has 0 saturated carbocycles. The fraction of sp³-hybridized carbons (Fsp3) is 0.211. The minimum atomic E-state index is 0.692. The van der Waals surface area contributed by atoms with Crippen molar-refractivity contribution < 1.29 is 18.7 Å². The molecule has 8 heterocycles. The van der Waals surface area contributed by atoms with Crippen LogP contribution in [0.15, 0.2) is 128 Å². The Morgan fingerprint density at radius 1 is 0.313 bits per heavy atom. The zero-order valence-corrected chi connectivity index (χ0v) is 48.8. The second-order valence-electron chi connectivity index (χ2n) is 22.9. The second kappa shape index (κ2) is 19.4. The van der Waals surface area contributed by atoms with E-state index in [9.17, 15) is 0 Å². The molecule has 4 aromatic heterocycles. The maximum atomic E-state index is 7.23. The molecular weight excluding hydrogens is 1020 g/mol. The predicted molar refractivity (Wildman–Crippen MR) is 327 cm³/mol. The lowest BCUT2D eigenvalue weighted by molar-refractivity contribution is -0.749. The van der Waals surface area contributed by atoms with Gasteiger partial charge in [-0.3, -0.25) is 0 Å². The van der Waals surface area contributed by atoms with E-state index < -0.39 is 0 Å². The molecule has 8 aromatic carbocycles. The number of hydrogen-bond donors (Lipinski definition) is 0. The molecule has 0 saturated heterocycles. The van der Waals surface area contributed by atoms with Gasteiger partial charge in [0, 0.05) is 11.1 Å². The summed E-state index contributed by atoms with van der Waals surface area (Å²) in [6.45, 7) is 56.5. The molecule has 4 aliphatic rings. The van der Waals surface area contributed by atoms with Crippen molar-refractivity contribution in [2.24, 2.45) is 0 Å². The zero-order chi connectivity index (χ0) is 58.0. The Balaban J connectivity index is 0.000000104. The van der Waals surface area contributed by atoms with Gasteiger partial charge < -0.3 is 0 Å². The lowest BCUT2D eigenvalue weighted by Gasteiger charge is -2.09. The number of rotatable bonds is 0. The van der Waals surface area contributed by atoms with Crippen LogP contribution in [0.2, 0.25) is 0 Å². The molecule has 0 aliphatic carbocycles. The van der Waals surface area contributed by atoms with Gasteiger partial charge >= 0.3 is 0 Å². The van der Waals surface area contributed by atoms with Crippen molar-refractivity contribution in [3.63, 3.8) is 0 Å². The lowest BCUT2D eigenvalue weighted by atomic mass is 9.97. The summed E-state index contributed by atoms with van der Waals surface area (Å²) < 4.78 is 18.0. The van der Waals surface area contributed by atoms with Crippen LogP contribution < -0.4 is 18.7 Å². The number of nitrogens with zero attached hydrogens (tertiary/aromatic N) is 12. The van der Waals surface area contributed by atoms with Crippen molar-refractivity contribution >= 4 is 66.4 Å². The van der Waals surface area contributed by atoms with E-state index in [1.165, 1.54) is 128 Å². The average Bonchev–Trinajstić information content (AvgIpc) is 2.45. The van der Waals surface area contributed by atoms with Crippen molar-refractivity contribution in [2.75, 3.05) is 0 Å². The Hall–Kier alpha value is -10.4. The summed E-state index contributed by atoms with van der Waals surface area (Å²) in [5.74, 6) is 0. The van der Waals surface area contributed by atoms with Crippen LogP contribution in [0.1, 0.15) is 83.5 Å². The highest BCUT2D eigenvalue weighted by molar-refractivity contribution is 5.87. The van der Waals surface area contributed by atoms with Crippen molar-refractivity contribution in [2.45, 2.75) is 102 Å². The minimum Gasteiger partial charge on any atom is -0.238 e. The summed E-state index contributed by atoms with van der Waals surface area (Å²) in [4.78, 5) is 14.2.